The molecule has 0 spiro atoms. The van der Waals surface area contributed by atoms with Gasteiger partial charge in [-0.1, -0.05) is 13.3 Å². The zero-order valence-corrected chi connectivity index (χ0v) is 8.21. The third-order valence-corrected chi connectivity index (χ3v) is 2.50. The Morgan fingerprint density at radius 1 is 1.38 bits per heavy atom. The third-order valence-electron chi connectivity index (χ3n) is 2.50. The van der Waals surface area contributed by atoms with Crippen LogP contribution in [0.2, 0.25) is 0 Å². The molecule has 0 unspecified atom stereocenters. The van der Waals surface area contributed by atoms with E-state index in [0.29, 0.717) is 19.4 Å². The number of aliphatic hydroxyl groups is 1. The lowest BCUT2D eigenvalue weighted by Crippen LogP contribution is -2.41. The van der Waals surface area contributed by atoms with E-state index in [0.717, 1.165) is 25.7 Å². The normalized spacial score (nSPS) is 21.1. The van der Waals surface area contributed by atoms with E-state index >= 15 is 0 Å². The summed E-state index contributed by atoms with van der Waals surface area (Å²) >= 11 is 0. The zero-order valence-electron chi connectivity index (χ0n) is 8.21. The largest absolute Gasteiger partial charge is 0.464 e. The Balaban J connectivity index is 2.42. The monoisotopic (exact) mass is 186 g/mol. The van der Waals surface area contributed by atoms with Gasteiger partial charge in [0.1, 0.15) is 0 Å². The molecule has 3 heteroatoms. The number of carbonyl (C=O) groups is 1. The van der Waals surface area contributed by atoms with E-state index in [1.54, 1.807) is 0 Å². The molecule has 1 fully saturated rings. The second kappa shape index (κ2) is 4.61. The van der Waals surface area contributed by atoms with Gasteiger partial charge in [-0.15, -0.1) is 0 Å². The molecular formula is C10H18O3. The highest BCUT2D eigenvalue weighted by Gasteiger charge is 2.38. The Labute approximate surface area is 79.1 Å². The summed E-state index contributed by atoms with van der Waals surface area (Å²) in [5, 5.41) is 9.89. The number of hydrogen-bond donors (Lipinski definition) is 1. The lowest BCUT2D eigenvalue weighted by atomic mass is 9.85. The molecule has 1 aliphatic carbocycles. The van der Waals surface area contributed by atoms with E-state index in [1.165, 1.54) is 0 Å². The second-order valence-corrected chi connectivity index (χ2v) is 3.73. The van der Waals surface area contributed by atoms with Gasteiger partial charge in [-0.25, -0.2) is 4.79 Å². The van der Waals surface area contributed by atoms with Crippen LogP contribution < -0.4 is 0 Å². The number of hydrogen-bond acceptors (Lipinski definition) is 3. The van der Waals surface area contributed by atoms with Gasteiger partial charge in [0.2, 0.25) is 0 Å². The first-order chi connectivity index (χ1) is 6.19. The highest BCUT2D eigenvalue weighted by molar-refractivity contribution is 5.79. The topological polar surface area (TPSA) is 46.5 Å². The lowest BCUT2D eigenvalue weighted by molar-refractivity contribution is -0.168. The molecule has 0 aromatic heterocycles. The molecule has 1 N–H and O–H groups in total. The maximum Gasteiger partial charge on any atom is 0.338 e. The van der Waals surface area contributed by atoms with Gasteiger partial charge in [0.15, 0.2) is 5.60 Å². The smallest absolute Gasteiger partial charge is 0.338 e. The van der Waals surface area contributed by atoms with Crippen LogP contribution in [0.15, 0.2) is 0 Å². The molecule has 0 heterocycles. The van der Waals surface area contributed by atoms with Gasteiger partial charge in [0, 0.05) is 0 Å². The first-order valence-electron chi connectivity index (χ1n) is 5.08. The molecule has 0 saturated heterocycles. The van der Waals surface area contributed by atoms with Gasteiger partial charge in [-0.2, -0.15) is 0 Å². The summed E-state index contributed by atoms with van der Waals surface area (Å²) in [6.45, 7) is 2.36. The minimum absolute atomic E-state index is 0.418. The molecule has 1 aliphatic rings. The van der Waals surface area contributed by atoms with Crippen LogP contribution >= 0.6 is 0 Å². The Bertz CT molecular complexity index is 171. The average Bonchev–Trinajstić information content (AvgIpc) is 2.15. The van der Waals surface area contributed by atoms with Crippen molar-refractivity contribution in [1.29, 1.82) is 0 Å². The van der Waals surface area contributed by atoms with Crippen LogP contribution in [0.3, 0.4) is 0 Å². The number of ether oxygens (including phenoxy) is 1. The number of rotatable bonds is 3. The molecule has 0 amide bonds. The molecule has 1 saturated carbocycles. The van der Waals surface area contributed by atoms with E-state index in [-0.39, 0.29) is 0 Å². The van der Waals surface area contributed by atoms with E-state index in [2.05, 4.69) is 0 Å². The van der Waals surface area contributed by atoms with E-state index in [1.807, 2.05) is 6.92 Å². The fourth-order valence-corrected chi connectivity index (χ4v) is 1.67. The molecule has 0 aromatic carbocycles. The maximum absolute atomic E-state index is 11.4. The summed E-state index contributed by atoms with van der Waals surface area (Å²) in [5.41, 5.74) is -1.17. The van der Waals surface area contributed by atoms with Crippen molar-refractivity contribution in [3.63, 3.8) is 0 Å². The number of carbonyl (C=O) groups excluding carboxylic acids is 1. The molecule has 3 nitrogen and oxygen atoms in total. The van der Waals surface area contributed by atoms with Crippen LogP contribution in [0.1, 0.15) is 45.4 Å². The predicted molar refractivity (Wildman–Crippen MR) is 49.3 cm³/mol. The number of esters is 1. The average molecular weight is 186 g/mol. The molecule has 1 rings (SSSR count). The van der Waals surface area contributed by atoms with Crippen molar-refractivity contribution in [1.82, 2.24) is 0 Å². The second-order valence-electron chi connectivity index (χ2n) is 3.73. The highest BCUT2D eigenvalue weighted by Crippen LogP contribution is 2.28. The van der Waals surface area contributed by atoms with Gasteiger partial charge in [-0.05, 0) is 32.1 Å². The molecule has 0 radical (unpaired) electrons. The Hall–Kier alpha value is -0.570. The van der Waals surface area contributed by atoms with Crippen molar-refractivity contribution in [2.45, 2.75) is 51.0 Å². The summed E-state index contributed by atoms with van der Waals surface area (Å²) in [6, 6.07) is 0. The minimum atomic E-state index is -1.17. The van der Waals surface area contributed by atoms with Crippen molar-refractivity contribution < 1.29 is 14.6 Å². The van der Waals surface area contributed by atoms with Crippen LogP contribution in [0, 0.1) is 0 Å². The molecule has 0 atom stereocenters. The van der Waals surface area contributed by atoms with Gasteiger partial charge in [0.05, 0.1) is 6.61 Å². The summed E-state index contributed by atoms with van der Waals surface area (Å²) < 4.78 is 4.94. The summed E-state index contributed by atoms with van der Waals surface area (Å²) in [6.07, 6.45) is 4.91. The molecule has 0 aromatic rings. The molecule has 0 aliphatic heterocycles. The zero-order chi connectivity index (χ0) is 9.73. The molecule has 13 heavy (non-hydrogen) atoms. The molecule has 76 valence electrons. The first-order valence-corrected chi connectivity index (χ1v) is 5.08. The van der Waals surface area contributed by atoms with Crippen LogP contribution in [-0.4, -0.2) is 23.3 Å². The van der Waals surface area contributed by atoms with Crippen molar-refractivity contribution in [3.05, 3.63) is 0 Å². The van der Waals surface area contributed by atoms with Crippen molar-refractivity contribution in [2.75, 3.05) is 6.61 Å². The third kappa shape index (κ3) is 2.69. The maximum atomic E-state index is 11.4. The Kier molecular flexibility index (Phi) is 3.72. The Morgan fingerprint density at radius 2 is 2.00 bits per heavy atom. The molecule has 0 bridgehead atoms. The fraction of sp³-hybridized carbons (Fsp3) is 0.900. The summed E-state index contributed by atoms with van der Waals surface area (Å²) in [4.78, 5) is 11.4. The predicted octanol–water partition coefficient (Wildman–Crippen LogP) is 1.63. The quantitative estimate of drug-likeness (QED) is 0.681. The Morgan fingerprint density at radius 3 is 2.54 bits per heavy atom. The summed E-state index contributed by atoms with van der Waals surface area (Å²) in [5.74, 6) is -0.422. The van der Waals surface area contributed by atoms with Crippen molar-refractivity contribution in [3.8, 4) is 0 Å². The van der Waals surface area contributed by atoms with Gasteiger partial charge >= 0.3 is 5.97 Å². The van der Waals surface area contributed by atoms with Crippen LogP contribution in [0.4, 0.5) is 0 Å². The van der Waals surface area contributed by atoms with Crippen LogP contribution in [-0.2, 0) is 9.53 Å². The minimum Gasteiger partial charge on any atom is -0.464 e. The van der Waals surface area contributed by atoms with E-state index in [9.17, 15) is 9.90 Å². The highest BCUT2D eigenvalue weighted by atomic mass is 16.5. The van der Waals surface area contributed by atoms with Crippen molar-refractivity contribution in [2.24, 2.45) is 0 Å². The summed E-state index contributed by atoms with van der Waals surface area (Å²) in [7, 11) is 0. The van der Waals surface area contributed by atoms with Crippen LogP contribution in [0.25, 0.3) is 0 Å². The first kappa shape index (κ1) is 10.5. The fourth-order valence-electron chi connectivity index (χ4n) is 1.67. The van der Waals surface area contributed by atoms with Gasteiger partial charge in [-0.3, -0.25) is 0 Å². The standard InChI is InChI=1S/C10H18O3/c1-2-8-13-9(11)10(12)6-4-3-5-7-10/h12H,2-8H2,1H3. The van der Waals surface area contributed by atoms with Gasteiger partial charge < -0.3 is 9.84 Å². The van der Waals surface area contributed by atoms with Gasteiger partial charge in [0.25, 0.3) is 0 Å². The van der Waals surface area contributed by atoms with Crippen LogP contribution in [0.5, 0.6) is 0 Å². The lowest BCUT2D eigenvalue weighted by Gasteiger charge is -2.29. The SMILES string of the molecule is CCCOC(=O)C1(O)CCCCC1. The molecular weight excluding hydrogens is 168 g/mol. The van der Waals surface area contributed by atoms with Crippen molar-refractivity contribution >= 4 is 5.97 Å². The van der Waals surface area contributed by atoms with E-state index < -0.39 is 11.6 Å². The van der Waals surface area contributed by atoms with E-state index in [4.69, 9.17) is 4.74 Å².